The minimum atomic E-state index is -0.119. The van der Waals surface area contributed by atoms with E-state index in [0.717, 1.165) is 18.3 Å². The zero-order valence-corrected chi connectivity index (χ0v) is 12.4. The molecule has 0 aromatic carbocycles. The zero-order chi connectivity index (χ0) is 14.4. The van der Waals surface area contributed by atoms with Crippen molar-refractivity contribution in [3.63, 3.8) is 0 Å². The van der Waals surface area contributed by atoms with Crippen LogP contribution in [0.3, 0.4) is 0 Å². The minimum absolute atomic E-state index is 0.119. The van der Waals surface area contributed by atoms with Crippen molar-refractivity contribution >= 4 is 11.7 Å². The second-order valence-electron chi connectivity index (χ2n) is 5.72. The lowest BCUT2D eigenvalue weighted by Gasteiger charge is -2.21. The normalized spacial score (nSPS) is 15.9. The summed E-state index contributed by atoms with van der Waals surface area (Å²) in [4.78, 5) is 13.2. The van der Waals surface area contributed by atoms with Gasteiger partial charge in [-0.05, 0) is 24.5 Å². The predicted molar refractivity (Wildman–Crippen MR) is 79.7 cm³/mol. The number of nitrogens with one attached hydrogen (secondary N) is 1. The third-order valence-corrected chi connectivity index (χ3v) is 3.87. The highest BCUT2D eigenvalue weighted by atomic mass is 16.2. The molecule has 5 nitrogen and oxygen atoms in total. The smallest absolute Gasteiger partial charge is 0.273 e. The number of nitrogens with zero attached hydrogens (tertiary/aromatic N) is 3. The first-order valence-corrected chi connectivity index (χ1v) is 7.46. The Morgan fingerprint density at radius 1 is 1.25 bits per heavy atom. The second-order valence-corrected chi connectivity index (χ2v) is 5.72. The van der Waals surface area contributed by atoms with Crippen LogP contribution >= 0.6 is 0 Å². The molecule has 1 aliphatic rings. The molecule has 0 atom stereocenters. The van der Waals surface area contributed by atoms with Gasteiger partial charge in [-0.1, -0.05) is 32.1 Å². The Morgan fingerprint density at radius 3 is 2.60 bits per heavy atom. The molecule has 2 rings (SSSR count). The molecule has 20 heavy (non-hydrogen) atoms. The number of aromatic nitrogens is 2. The number of hydrogen-bond acceptors (Lipinski definition) is 4. The molecule has 1 aliphatic carbocycles. The predicted octanol–water partition coefficient (Wildman–Crippen LogP) is 2.56. The van der Waals surface area contributed by atoms with Crippen LogP contribution in [0.25, 0.3) is 0 Å². The highest BCUT2D eigenvalue weighted by Crippen LogP contribution is 2.26. The quantitative estimate of drug-likeness (QED) is 0.898. The summed E-state index contributed by atoms with van der Waals surface area (Å²) in [5.41, 5.74) is 0.382. The summed E-state index contributed by atoms with van der Waals surface area (Å²) >= 11 is 0. The Kier molecular flexibility index (Phi) is 5.32. The standard InChI is InChI=1S/C15H24N4O/c1-19(2)15(20)13-8-9-14(18-17-13)16-11-10-12-6-4-3-5-7-12/h8-9,12H,3-7,10-11H2,1-2H3,(H,16,18). The van der Waals surface area contributed by atoms with E-state index in [2.05, 4.69) is 15.5 Å². The molecule has 0 unspecified atom stereocenters. The molecule has 0 saturated heterocycles. The van der Waals surface area contributed by atoms with Gasteiger partial charge in [0, 0.05) is 20.6 Å². The molecular formula is C15H24N4O. The lowest BCUT2D eigenvalue weighted by Crippen LogP contribution is -2.23. The van der Waals surface area contributed by atoms with Gasteiger partial charge in [0.05, 0.1) is 0 Å². The van der Waals surface area contributed by atoms with Crippen LogP contribution in [-0.4, -0.2) is 41.6 Å². The molecule has 1 amide bonds. The van der Waals surface area contributed by atoms with E-state index >= 15 is 0 Å². The van der Waals surface area contributed by atoms with Crippen LogP contribution in [0.1, 0.15) is 49.0 Å². The van der Waals surface area contributed by atoms with Gasteiger partial charge in [0.1, 0.15) is 5.82 Å². The van der Waals surface area contributed by atoms with E-state index in [9.17, 15) is 4.79 Å². The molecule has 0 radical (unpaired) electrons. The molecule has 5 heteroatoms. The van der Waals surface area contributed by atoms with E-state index in [1.165, 1.54) is 43.4 Å². The molecule has 1 fully saturated rings. The Hall–Kier alpha value is -1.65. The maximum absolute atomic E-state index is 11.7. The molecule has 0 spiro atoms. The molecule has 1 N–H and O–H groups in total. The molecule has 0 bridgehead atoms. The SMILES string of the molecule is CN(C)C(=O)c1ccc(NCCC2CCCCC2)nn1. The molecule has 1 aromatic heterocycles. The van der Waals surface area contributed by atoms with Crippen molar-refractivity contribution in [3.8, 4) is 0 Å². The van der Waals surface area contributed by atoms with Crippen LogP contribution in [-0.2, 0) is 0 Å². The fraction of sp³-hybridized carbons (Fsp3) is 0.667. The lowest BCUT2D eigenvalue weighted by molar-refractivity contribution is 0.0821. The third-order valence-electron chi connectivity index (χ3n) is 3.87. The second kappa shape index (κ2) is 7.22. The van der Waals surface area contributed by atoms with E-state index in [1.54, 1.807) is 20.2 Å². The maximum Gasteiger partial charge on any atom is 0.273 e. The van der Waals surface area contributed by atoms with Crippen molar-refractivity contribution < 1.29 is 4.79 Å². The highest BCUT2D eigenvalue weighted by Gasteiger charge is 2.13. The van der Waals surface area contributed by atoms with Crippen LogP contribution in [0.4, 0.5) is 5.82 Å². The van der Waals surface area contributed by atoms with Gasteiger partial charge in [-0.15, -0.1) is 10.2 Å². The average molecular weight is 276 g/mol. The van der Waals surface area contributed by atoms with Gasteiger partial charge in [0.2, 0.25) is 0 Å². The third kappa shape index (κ3) is 4.18. The van der Waals surface area contributed by atoms with Crippen molar-refractivity contribution in [2.24, 2.45) is 5.92 Å². The number of hydrogen-bond donors (Lipinski definition) is 1. The lowest BCUT2D eigenvalue weighted by atomic mass is 9.87. The number of rotatable bonds is 5. The van der Waals surface area contributed by atoms with Gasteiger partial charge in [-0.25, -0.2) is 0 Å². The van der Waals surface area contributed by atoms with Gasteiger partial charge >= 0.3 is 0 Å². The largest absolute Gasteiger partial charge is 0.369 e. The monoisotopic (exact) mass is 276 g/mol. The number of anilines is 1. The van der Waals surface area contributed by atoms with E-state index in [4.69, 9.17) is 0 Å². The summed E-state index contributed by atoms with van der Waals surface area (Å²) in [5, 5.41) is 11.3. The number of carbonyl (C=O) groups excluding carboxylic acids is 1. The van der Waals surface area contributed by atoms with E-state index in [0.29, 0.717) is 5.69 Å². The molecule has 1 heterocycles. The van der Waals surface area contributed by atoms with Crippen LogP contribution in [0.15, 0.2) is 12.1 Å². The van der Waals surface area contributed by atoms with Crippen LogP contribution in [0.5, 0.6) is 0 Å². The van der Waals surface area contributed by atoms with Crippen LogP contribution in [0, 0.1) is 5.92 Å². The van der Waals surface area contributed by atoms with Gasteiger partial charge in [0.15, 0.2) is 5.69 Å². The van der Waals surface area contributed by atoms with Gasteiger partial charge < -0.3 is 10.2 Å². The van der Waals surface area contributed by atoms with Gasteiger partial charge in [-0.2, -0.15) is 0 Å². The molecular weight excluding hydrogens is 252 g/mol. The average Bonchev–Trinajstić information content (AvgIpc) is 2.48. The van der Waals surface area contributed by atoms with Crippen molar-refractivity contribution in [1.29, 1.82) is 0 Å². The van der Waals surface area contributed by atoms with Gasteiger partial charge in [-0.3, -0.25) is 4.79 Å². The number of carbonyl (C=O) groups is 1. The Bertz CT molecular complexity index is 424. The van der Waals surface area contributed by atoms with E-state index in [1.807, 2.05) is 6.07 Å². The van der Waals surface area contributed by atoms with Crippen molar-refractivity contribution in [2.75, 3.05) is 26.0 Å². The summed E-state index contributed by atoms with van der Waals surface area (Å²) in [5.74, 6) is 1.49. The van der Waals surface area contributed by atoms with E-state index < -0.39 is 0 Å². The summed E-state index contributed by atoms with van der Waals surface area (Å²) in [6, 6.07) is 3.54. The summed E-state index contributed by atoms with van der Waals surface area (Å²) < 4.78 is 0. The van der Waals surface area contributed by atoms with Crippen molar-refractivity contribution in [1.82, 2.24) is 15.1 Å². The minimum Gasteiger partial charge on any atom is -0.369 e. The molecule has 1 saturated carbocycles. The zero-order valence-electron chi connectivity index (χ0n) is 12.4. The van der Waals surface area contributed by atoms with E-state index in [-0.39, 0.29) is 5.91 Å². The highest BCUT2D eigenvalue weighted by molar-refractivity contribution is 5.91. The molecule has 1 aromatic rings. The first-order chi connectivity index (χ1) is 9.66. The fourth-order valence-electron chi connectivity index (χ4n) is 2.65. The Labute approximate surface area is 120 Å². The summed E-state index contributed by atoms with van der Waals surface area (Å²) in [7, 11) is 3.42. The fourth-order valence-corrected chi connectivity index (χ4v) is 2.65. The van der Waals surface area contributed by atoms with Crippen molar-refractivity contribution in [3.05, 3.63) is 17.8 Å². The summed E-state index contributed by atoms with van der Waals surface area (Å²) in [6.07, 6.45) is 8.09. The first kappa shape index (κ1) is 14.8. The van der Waals surface area contributed by atoms with Crippen molar-refractivity contribution in [2.45, 2.75) is 38.5 Å². The number of amides is 1. The van der Waals surface area contributed by atoms with Crippen LogP contribution in [0.2, 0.25) is 0 Å². The van der Waals surface area contributed by atoms with Crippen LogP contribution < -0.4 is 5.32 Å². The first-order valence-electron chi connectivity index (χ1n) is 7.46. The Balaban J connectivity index is 1.77. The topological polar surface area (TPSA) is 58.1 Å². The summed E-state index contributed by atoms with van der Waals surface area (Å²) in [6.45, 7) is 0.931. The maximum atomic E-state index is 11.7. The Morgan fingerprint density at radius 2 is 2.00 bits per heavy atom. The van der Waals surface area contributed by atoms with Gasteiger partial charge in [0.25, 0.3) is 5.91 Å². The molecule has 110 valence electrons. The molecule has 0 aliphatic heterocycles.